The van der Waals surface area contributed by atoms with Crippen molar-refractivity contribution in [1.29, 1.82) is 0 Å². The van der Waals surface area contributed by atoms with Crippen LogP contribution in [0, 0.1) is 0 Å². The summed E-state index contributed by atoms with van der Waals surface area (Å²) >= 11 is 0. The number of amides is 1. The molecule has 7 heteroatoms. The maximum absolute atomic E-state index is 11.8. The van der Waals surface area contributed by atoms with E-state index in [1.807, 2.05) is 4.90 Å². The first-order chi connectivity index (χ1) is 12.1. The zero-order valence-corrected chi connectivity index (χ0v) is 19.0. The van der Waals surface area contributed by atoms with Crippen LogP contribution < -0.4 is 34.9 Å². The maximum Gasteiger partial charge on any atom is 1.00 e. The minimum atomic E-state index is -0.850. The van der Waals surface area contributed by atoms with E-state index in [1.165, 1.54) is 44.9 Å². The molecule has 0 aromatic heterocycles. The molecule has 0 heterocycles. The first-order valence-electron chi connectivity index (χ1n) is 9.91. The average molecular weight is 383 g/mol. The van der Waals surface area contributed by atoms with E-state index in [-0.39, 0.29) is 49.9 Å². The van der Waals surface area contributed by atoms with Crippen molar-refractivity contribution in [3.05, 3.63) is 0 Å². The van der Waals surface area contributed by atoms with E-state index in [1.54, 1.807) is 0 Å². The summed E-state index contributed by atoms with van der Waals surface area (Å²) in [5.41, 5.74) is 0. The Hall–Kier alpha value is -0.140. The summed E-state index contributed by atoms with van der Waals surface area (Å²) in [7, 11) is 0. The van der Waals surface area contributed by atoms with Gasteiger partial charge >= 0.3 is 35.5 Å². The quantitative estimate of drug-likeness (QED) is 0.228. The van der Waals surface area contributed by atoms with Crippen LogP contribution in [0.2, 0.25) is 0 Å². The predicted octanol–water partition coefficient (Wildman–Crippen LogP) is -0.0910. The van der Waals surface area contributed by atoms with Gasteiger partial charge in [0.2, 0.25) is 5.91 Å². The predicted molar refractivity (Wildman–Crippen MR) is 102 cm³/mol. The van der Waals surface area contributed by atoms with Crippen molar-refractivity contribution in [3.63, 3.8) is 0 Å². The van der Waals surface area contributed by atoms with E-state index in [2.05, 4.69) is 12.2 Å². The van der Waals surface area contributed by atoms with Crippen LogP contribution in [-0.4, -0.2) is 59.8 Å². The number of carbonyl (C=O) groups is 2. The van der Waals surface area contributed by atoms with Crippen LogP contribution in [0.4, 0.5) is 0 Å². The Bertz CT molecular complexity index is 350. The molecule has 0 radical (unpaired) electrons. The van der Waals surface area contributed by atoms with E-state index in [4.69, 9.17) is 10.2 Å². The standard InChI is InChI=1S/C19H38N2O4.Na.H/c1-2-3-4-5-6-7-8-9-10-11-18(23)20-13-15-21(16-17-22)14-12-19(24)25;;/h22H,2-17H2,1H3,(H,20,23)(H,24,25);;/q;+1;-1. The summed E-state index contributed by atoms with van der Waals surface area (Å²) in [5, 5.41) is 20.6. The number of hydrogen-bond acceptors (Lipinski definition) is 4. The molecular weight excluding hydrogens is 343 g/mol. The third-order valence-corrected chi connectivity index (χ3v) is 4.32. The monoisotopic (exact) mass is 382 g/mol. The Morgan fingerprint density at radius 1 is 0.885 bits per heavy atom. The van der Waals surface area contributed by atoms with Crippen molar-refractivity contribution in [2.24, 2.45) is 0 Å². The molecule has 1 amide bonds. The van der Waals surface area contributed by atoms with Gasteiger partial charge in [0.15, 0.2) is 0 Å². The number of hydrogen-bond donors (Lipinski definition) is 3. The molecule has 0 atom stereocenters. The van der Waals surface area contributed by atoms with Gasteiger partial charge in [-0.25, -0.2) is 0 Å². The largest absolute Gasteiger partial charge is 1.00 e. The maximum atomic E-state index is 11.8. The van der Waals surface area contributed by atoms with Gasteiger partial charge in [-0.3, -0.25) is 14.5 Å². The number of carboxylic acid groups (broad SMARTS) is 1. The molecule has 0 aliphatic heterocycles. The zero-order valence-electron chi connectivity index (χ0n) is 18.0. The van der Waals surface area contributed by atoms with Crippen LogP contribution in [0.25, 0.3) is 0 Å². The molecule has 0 aliphatic rings. The molecule has 0 spiro atoms. The van der Waals surface area contributed by atoms with E-state index in [0.717, 1.165) is 12.8 Å². The summed E-state index contributed by atoms with van der Waals surface area (Å²) in [6, 6.07) is 0. The van der Waals surface area contributed by atoms with Crippen LogP contribution in [0.1, 0.15) is 79.0 Å². The van der Waals surface area contributed by atoms with Gasteiger partial charge in [0, 0.05) is 32.6 Å². The molecule has 3 N–H and O–H groups in total. The summed E-state index contributed by atoms with van der Waals surface area (Å²) in [6.45, 7) is 4.11. The summed E-state index contributed by atoms with van der Waals surface area (Å²) in [5.74, 6) is -0.789. The summed E-state index contributed by atoms with van der Waals surface area (Å²) in [6.07, 6.45) is 11.7. The van der Waals surface area contributed by atoms with Gasteiger partial charge in [-0.05, 0) is 6.42 Å². The molecule has 0 aromatic carbocycles. The van der Waals surface area contributed by atoms with Crippen molar-refractivity contribution < 1.29 is 50.8 Å². The van der Waals surface area contributed by atoms with Gasteiger partial charge in [-0.1, -0.05) is 58.3 Å². The fourth-order valence-electron chi connectivity index (χ4n) is 2.77. The molecule has 0 unspecified atom stereocenters. The van der Waals surface area contributed by atoms with Crippen molar-refractivity contribution in [2.45, 2.75) is 77.6 Å². The van der Waals surface area contributed by atoms with Crippen molar-refractivity contribution in [2.75, 3.05) is 32.8 Å². The van der Waals surface area contributed by atoms with E-state index >= 15 is 0 Å². The number of aliphatic hydroxyl groups excluding tert-OH is 1. The second-order valence-electron chi connectivity index (χ2n) is 6.64. The van der Waals surface area contributed by atoms with Crippen LogP contribution >= 0.6 is 0 Å². The second-order valence-corrected chi connectivity index (χ2v) is 6.64. The van der Waals surface area contributed by atoms with Gasteiger partial charge < -0.3 is 17.0 Å². The molecule has 0 rings (SSSR count). The van der Waals surface area contributed by atoms with E-state index in [0.29, 0.717) is 32.6 Å². The van der Waals surface area contributed by atoms with Crippen LogP contribution in [0.3, 0.4) is 0 Å². The fourth-order valence-corrected chi connectivity index (χ4v) is 2.77. The number of rotatable bonds is 18. The Labute approximate surface area is 182 Å². The molecule has 26 heavy (non-hydrogen) atoms. The summed E-state index contributed by atoms with van der Waals surface area (Å²) < 4.78 is 0. The van der Waals surface area contributed by atoms with E-state index in [9.17, 15) is 9.59 Å². The number of carboxylic acids is 1. The number of carbonyl (C=O) groups excluding carboxylic acids is 1. The fraction of sp³-hybridized carbons (Fsp3) is 0.895. The molecule has 0 aliphatic carbocycles. The third-order valence-electron chi connectivity index (χ3n) is 4.32. The zero-order chi connectivity index (χ0) is 18.8. The SMILES string of the molecule is CCCCCCCCCCCC(=O)NCCN(CCO)CCC(=O)O.[H-].[Na+]. The molecule has 6 nitrogen and oxygen atoms in total. The van der Waals surface area contributed by atoms with Gasteiger partial charge in [0.25, 0.3) is 0 Å². The minimum Gasteiger partial charge on any atom is -1.00 e. The second kappa shape index (κ2) is 21.2. The van der Waals surface area contributed by atoms with Crippen molar-refractivity contribution in [1.82, 2.24) is 10.2 Å². The number of nitrogens with zero attached hydrogens (tertiary/aromatic N) is 1. The topological polar surface area (TPSA) is 89.9 Å². The van der Waals surface area contributed by atoms with Gasteiger partial charge in [0.05, 0.1) is 13.0 Å². The van der Waals surface area contributed by atoms with Gasteiger partial charge in [-0.2, -0.15) is 0 Å². The normalized spacial score (nSPS) is 10.6. The first-order valence-corrected chi connectivity index (χ1v) is 9.91. The smallest absolute Gasteiger partial charge is 1.00 e. The first kappa shape index (κ1) is 28.1. The van der Waals surface area contributed by atoms with Crippen LogP contribution in [0.15, 0.2) is 0 Å². The van der Waals surface area contributed by atoms with Gasteiger partial charge in [0.1, 0.15) is 0 Å². The van der Waals surface area contributed by atoms with Crippen LogP contribution in [-0.2, 0) is 9.59 Å². The minimum absolute atomic E-state index is 0. The molecule has 0 saturated heterocycles. The van der Waals surface area contributed by atoms with E-state index < -0.39 is 5.97 Å². The number of nitrogens with one attached hydrogen (secondary N) is 1. The molecule has 0 aromatic rings. The summed E-state index contributed by atoms with van der Waals surface area (Å²) in [4.78, 5) is 24.2. The molecule has 150 valence electrons. The molecule has 0 fully saturated rings. The number of aliphatic carboxylic acids is 1. The number of unbranched alkanes of at least 4 members (excludes halogenated alkanes) is 8. The van der Waals surface area contributed by atoms with Crippen LogP contribution in [0.5, 0.6) is 0 Å². The molecule has 0 bridgehead atoms. The van der Waals surface area contributed by atoms with Gasteiger partial charge in [-0.15, -0.1) is 0 Å². The Morgan fingerprint density at radius 3 is 2.00 bits per heavy atom. The number of aliphatic hydroxyl groups is 1. The molecule has 0 saturated carbocycles. The average Bonchev–Trinajstić information content (AvgIpc) is 2.58. The third kappa shape index (κ3) is 20.2. The Kier molecular flexibility index (Phi) is 22.9. The Morgan fingerprint density at radius 2 is 1.46 bits per heavy atom. The van der Waals surface area contributed by atoms with Crippen molar-refractivity contribution >= 4 is 11.9 Å². The van der Waals surface area contributed by atoms with Crippen molar-refractivity contribution in [3.8, 4) is 0 Å². The Balaban J connectivity index is -0.00000288. The molecular formula is C19H39N2NaO4.